The van der Waals surface area contributed by atoms with Gasteiger partial charge in [0, 0.05) is 28.4 Å². The number of thioether (sulfide) groups is 1. The third-order valence-electron chi connectivity index (χ3n) is 4.30. The minimum atomic E-state index is -0.584. The first-order valence-electron chi connectivity index (χ1n) is 9.46. The molecule has 6 nitrogen and oxygen atoms in total. The fourth-order valence-electron chi connectivity index (χ4n) is 2.87. The smallest absolute Gasteiger partial charge is 0.214 e. The molecule has 0 aliphatic carbocycles. The van der Waals surface area contributed by atoms with Gasteiger partial charge in [-0.2, -0.15) is 4.68 Å². The number of tetrazole rings is 1. The van der Waals surface area contributed by atoms with Crippen LogP contribution in [0.2, 0.25) is 0 Å². The van der Waals surface area contributed by atoms with Gasteiger partial charge in [-0.25, -0.2) is 0 Å². The lowest BCUT2D eigenvalue weighted by molar-refractivity contribution is 0.200. The van der Waals surface area contributed by atoms with Crippen LogP contribution in [-0.4, -0.2) is 43.7 Å². The zero-order valence-corrected chi connectivity index (χ0v) is 18.0. The highest BCUT2D eigenvalue weighted by Gasteiger charge is 2.14. The number of hydrogen-bond donors (Lipinski definition) is 2. The molecule has 0 fully saturated rings. The van der Waals surface area contributed by atoms with Gasteiger partial charge in [-0.1, -0.05) is 72.8 Å². The van der Waals surface area contributed by atoms with Crippen LogP contribution in [0.4, 0.5) is 0 Å². The van der Waals surface area contributed by atoms with E-state index in [9.17, 15) is 5.11 Å². The van der Waals surface area contributed by atoms with Crippen LogP contribution in [-0.2, 0) is 0 Å². The Kier molecular flexibility index (Phi) is 7.69. The number of aliphatic hydroxyl groups is 1. The van der Waals surface area contributed by atoms with Gasteiger partial charge in [0.1, 0.15) is 0 Å². The summed E-state index contributed by atoms with van der Waals surface area (Å²) in [6.45, 7) is 4.31. The summed E-state index contributed by atoms with van der Waals surface area (Å²) in [6.07, 6.45) is 3.98. The molecule has 2 aromatic carbocycles. The summed E-state index contributed by atoms with van der Waals surface area (Å²) in [5.41, 5.74) is 1.75. The molecule has 0 saturated heterocycles. The van der Waals surface area contributed by atoms with E-state index in [4.69, 9.17) is 11.6 Å². The molecule has 152 valence electrons. The predicted molar refractivity (Wildman–Crippen MR) is 119 cm³/mol. The van der Waals surface area contributed by atoms with E-state index in [2.05, 4.69) is 33.0 Å². The molecule has 0 aliphatic rings. The van der Waals surface area contributed by atoms with Gasteiger partial charge in [0.15, 0.2) is 0 Å². The molecular formula is C21H24ClN5OS. The molecule has 0 radical (unpaired) electrons. The molecule has 29 heavy (non-hydrogen) atoms. The largest absolute Gasteiger partial charge is 0.390 e. The van der Waals surface area contributed by atoms with Gasteiger partial charge >= 0.3 is 0 Å². The van der Waals surface area contributed by atoms with E-state index in [-0.39, 0.29) is 0 Å². The van der Waals surface area contributed by atoms with Crippen LogP contribution in [0.3, 0.4) is 0 Å². The molecule has 1 unspecified atom stereocenters. The maximum atomic E-state index is 10.4. The van der Waals surface area contributed by atoms with Crippen molar-refractivity contribution in [2.75, 3.05) is 12.3 Å². The molecule has 2 N–H and O–H groups in total. The number of rotatable bonds is 9. The number of aliphatic hydroxyl groups excluding tert-OH is 1. The second kappa shape index (κ2) is 10.4. The number of allylic oxidation sites excluding steroid dienone is 3. The molecule has 3 rings (SSSR count). The highest BCUT2D eigenvalue weighted by atomic mass is 35.5. The second-order valence-electron chi connectivity index (χ2n) is 6.39. The van der Waals surface area contributed by atoms with E-state index < -0.39 is 6.10 Å². The lowest BCUT2D eigenvalue weighted by Gasteiger charge is -2.14. The summed E-state index contributed by atoms with van der Waals surface area (Å²) in [4.78, 5) is 0. The molecule has 0 spiro atoms. The summed E-state index contributed by atoms with van der Waals surface area (Å²) in [7, 11) is 0. The number of aromatic nitrogens is 4. The quantitative estimate of drug-likeness (QED) is 0.390. The summed E-state index contributed by atoms with van der Waals surface area (Å²) < 4.78 is 1.71. The van der Waals surface area contributed by atoms with E-state index in [0.29, 0.717) is 17.5 Å². The molecule has 0 aliphatic heterocycles. The lowest BCUT2D eigenvalue weighted by atomic mass is 10.1. The SMILES string of the molecule is C/C=C\C(NCC(O)CSc1nnnn1-c1cccc2ccccc12)=C(\Cl)CC. The van der Waals surface area contributed by atoms with Crippen LogP contribution >= 0.6 is 23.4 Å². The van der Waals surface area contributed by atoms with Gasteiger partial charge in [-0.15, -0.1) is 5.10 Å². The minimum Gasteiger partial charge on any atom is -0.390 e. The molecule has 1 heterocycles. The van der Waals surface area contributed by atoms with Crippen molar-refractivity contribution < 1.29 is 5.11 Å². The number of benzene rings is 2. The lowest BCUT2D eigenvalue weighted by Crippen LogP contribution is -2.28. The third kappa shape index (κ3) is 5.38. The van der Waals surface area contributed by atoms with E-state index in [1.54, 1.807) is 4.68 Å². The first kappa shape index (κ1) is 21.4. The summed E-state index contributed by atoms with van der Waals surface area (Å²) in [6, 6.07) is 14.1. The topological polar surface area (TPSA) is 75.9 Å². The molecule has 0 bridgehead atoms. The van der Waals surface area contributed by atoms with Gasteiger partial charge in [0.2, 0.25) is 5.16 Å². The van der Waals surface area contributed by atoms with Gasteiger partial charge in [0.05, 0.1) is 11.8 Å². The Morgan fingerprint density at radius 1 is 1.28 bits per heavy atom. The Labute approximate surface area is 179 Å². The molecule has 1 atom stereocenters. The Morgan fingerprint density at radius 2 is 2.07 bits per heavy atom. The fourth-order valence-corrected chi connectivity index (χ4v) is 3.81. The maximum Gasteiger partial charge on any atom is 0.214 e. The second-order valence-corrected chi connectivity index (χ2v) is 7.83. The van der Waals surface area contributed by atoms with Crippen LogP contribution in [0.1, 0.15) is 20.3 Å². The van der Waals surface area contributed by atoms with Crippen molar-refractivity contribution in [3.63, 3.8) is 0 Å². The summed E-state index contributed by atoms with van der Waals surface area (Å²) in [5.74, 6) is 0.449. The van der Waals surface area contributed by atoms with E-state index >= 15 is 0 Å². The monoisotopic (exact) mass is 429 g/mol. The normalized spacial score (nSPS) is 13.7. The van der Waals surface area contributed by atoms with Crippen molar-refractivity contribution in [3.8, 4) is 5.69 Å². The van der Waals surface area contributed by atoms with Crippen LogP contribution in [0.15, 0.2) is 70.5 Å². The van der Waals surface area contributed by atoms with Crippen molar-refractivity contribution in [2.24, 2.45) is 0 Å². The van der Waals surface area contributed by atoms with E-state index in [1.807, 2.05) is 56.3 Å². The van der Waals surface area contributed by atoms with Crippen molar-refractivity contribution in [1.29, 1.82) is 0 Å². The first-order valence-corrected chi connectivity index (χ1v) is 10.8. The predicted octanol–water partition coefficient (Wildman–Crippen LogP) is 4.29. The average Bonchev–Trinajstić information content (AvgIpc) is 3.22. The van der Waals surface area contributed by atoms with Crippen LogP contribution in [0.25, 0.3) is 16.5 Å². The van der Waals surface area contributed by atoms with Gasteiger partial charge in [0.25, 0.3) is 0 Å². The summed E-state index contributed by atoms with van der Waals surface area (Å²) in [5, 5.41) is 29.3. The maximum absolute atomic E-state index is 10.4. The minimum absolute atomic E-state index is 0.388. The Bertz CT molecular complexity index is 1010. The standard InChI is InChI=1S/C21H24ClN5OS/c1-3-8-19(18(22)4-2)23-13-16(28)14-29-21-24-25-26-27(21)20-12-7-10-15-9-5-6-11-17(15)20/h3,5-12,16,23,28H,4,13-14H2,1-2H3/b8-3-,19-18-. The Balaban J connectivity index is 1.68. The highest BCUT2D eigenvalue weighted by Crippen LogP contribution is 2.25. The molecular weight excluding hydrogens is 406 g/mol. The number of hydrogen-bond acceptors (Lipinski definition) is 6. The average molecular weight is 430 g/mol. The van der Waals surface area contributed by atoms with Crippen LogP contribution in [0, 0.1) is 0 Å². The Hall–Kier alpha value is -2.35. The van der Waals surface area contributed by atoms with Crippen molar-refractivity contribution in [1.82, 2.24) is 25.5 Å². The summed E-state index contributed by atoms with van der Waals surface area (Å²) >= 11 is 7.65. The van der Waals surface area contributed by atoms with Gasteiger partial charge in [-0.05, 0) is 41.3 Å². The number of fused-ring (bicyclic) bond motifs is 1. The zero-order chi connectivity index (χ0) is 20.6. The van der Waals surface area contributed by atoms with Gasteiger partial charge in [-0.3, -0.25) is 0 Å². The first-order chi connectivity index (χ1) is 14.1. The van der Waals surface area contributed by atoms with Crippen molar-refractivity contribution in [2.45, 2.75) is 31.5 Å². The van der Waals surface area contributed by atoms with Crippen LogP contribution in [0.5, 0.6) is 0 Å². The van der Waals surface area contributed by atoms with Crippen molar-refractivity contribution in [3.05, 3.63) is 65.3 Å². The molecule has 8 heteroatoms. The third-order valence-corrected chi connectivity index (χ3v) is 5.84. The molecule has 3 aromatic rings. The van der Waals surface area contributed by atoms with E-state index in [0.717, 1.165) is 33.6 Å². The van der Waals surface area contributed by atoms with Crippen LogP contribution < -0.4 is 5.32 Å². The molecule has 0 amide bonds. The fraction of sp³-hybridized carbons (Fsp3) is 0.286. The van der Waals surface area contributed by atoms with Crippen molar-refractivity contribution >= 4 is 34.1 Å². The number of nitrogens with one attached hydrogen (secondary N) is 1. The Morgan fingerprint density at radius 3 is 2.86 bits per heavy atom. The zero-order valence-electron chi connectivity index (χ0n) is 16.4. The molecule has 1 aromatic heterocycles. The highest BCUT2D eigenvalue weighted by molar-refractivity contribution is 7.99. The van der Waals surface area contributed by atoms with E-state index in [1.165, 1.54) is 11.8 Å². The number of nitrogens with zero attached hydrogens (tertiary/aromatic N) is 4. The molecule has 0 saturated carbocycles. The number of halogens is 1. The van der Waals surface area contributed by atoms with Gasteiger partial charge < -0.3 is 10.4 Å².